The van der Waals surface area contributed by atoms with Gasteiger partial charge in [0.05, 0.1) is 23.5 Å². The molecule has 3 aromatic carbocycles. The Kier molecular flexibility index (Phi) is 35.2. The molecule has 0 bridgehead atoms. The van der Waals surface area contributed by atoms with Gasteiger partial charge in [-0.15, -0.1) is 0 Å². The molecule has 0 amide bonds. The van der Waals surface area contributed by atoms with Crippen molar-refractivity contribution in [1.29, 1.82) is 0 Å². The zero-order chi connectivity index (χ0) is 63.8. The number of aromatic nitrogens is 1. The van der Waals surface area contributed by atoms with E-state index in [0.29, 0.717) is 18.2 Å². The number of aliphatic imine (C=N–C) groups is 3. The van der Waals surface area contributed by atoms with Crippen LogP contribution in [-0.2, 0) is 6.42 Å². The summed E-state index contributed by atoms with van der Waals surface area (Å²) >= 11 is 0. The summed E-state index contributed by atoms with van der Waals surface area (Å²) in [6, 6.07) is 25.0. The average Bonchev–Trinajstić information content (AvgIpc) is 1.68. The largest absolute Gasteiger partial charge is 0.394 e. The maximum atomic E-state index is 4.67. The van der Waals surface area contributed by atoms with Gasteiger partial charge in [0.25, 0.3) is 0 Å². The van der Waals surface area contributed by atoms with Crippen molar-refractivity contribution in [3.8, 4) is 0 Å². The first kappa shape index (κ1) is 72.6. The van der Waals surface area contributed by atoms with Crippen LogP contribution in [0.3, 0.4) is 0 Å². The minimum absolute atomic E-state index is 0.0347. The number of fused-ring (bicyclic) bond motifs is 3. The molecule has 87 heavy (non-hydrogen) atoms. The number of allylic oxidation sites excluding steroid dienone is 30. The standard InChI is InChI=1S/C55H51N.C19H28N4.4C2H6/c1-4-20-49-40(3)37-45(25-14-13-24-44-23-11-8-12-30-51(44)48(49)5-2)50-29-16-15-26-46(50)38-41-33-36-55-53(39-41)52-31-17-18-32-54(52)56(55)47-28-19-27-43(34-35-47)42-21-9-6-7-10-22-42;1-7-10-12-17(9-3)15-22-16(4)23-19(21-6)18(11-8-2)13-14-20-5;4*1-2/h4-7,9,11-18,20-23,26-33,36-37,39H,2-3,8,10,19,24-25,34-35,38H2,1H3;7-14,18,20H,3,6,15H2,1-2,4-5H3;4*1-2H3/b14-13-,20-4-,45-37+,49-48-;10-7-,11-8?,14-13-,17-12+,22-16?,23-19?;;;;. The molecule has 8 rings (SSSR count). The van der Waals surface area contributed by atoms with Gasteiger partial charge in [0.1, 0.15) is 11.7 Å². The first-order valence-electron chi connectivity index (χ1n) is 31.9. The monoisotopic (exact) mass is 1160 g/mol. The summed E-state index contributed by atoms with van der Waals surface area (Å²) in [5.41, 5.74) is 18.7. The summed E-state index contributed by atoms with van der Waals surface area (Å²) in [4.78, 5) is 13.0. The van der Waals surface area contributed by atoms with Crippen molar-refractivity contribution in [1.82, 2.24) is 9.88 Å². The molecule has 1 aromatic heterocycles. The fourth-order valence-corrected chi connectivity index (χ4v) is 10.4. The topological polar surface area (TPSA) is 54.0 Å². The predicted octanol–water partition coefficient (Wildman–Crippen LogP) is 23.2. The van der Waals surface area contributed by atoms with Crippen LogP contribution in [0.5, 0.6) is 0 Å². The van der Waals surface area contributed by atoms with Gasteiger partial charge in [0.15, 0.2) is 0 Å². The normalized spacial score (nSPS) is 17.8. The highest BCUT2D eigenvalue weighted by Gasteiger charge is 2.19. The van der Waals surface area contributed by atoms with Crippen LogP contribution in [0.4, 0.5) is 0 Å². The van der Waals surface area contributed by atoms with Gasteiger partial charge in [0, 0.05) is 23.5 Å². The number of nitrogens with zero attached hydrogens (tertiary/aromatic N) is 4. The summed E-state index contributed by atoms with van der Waals surface area (Å²) in [5.74, 6) is 1.24. The maximum Gasteiger partial charge on any atom is 0.140 e. The van der Waals surface area contributed by atoms with Crippen molar-refractivity contribution in [2.45, 2.75) is 134 Å². The van der Waals surface area contributed by atoms with E-state index in [9.17, 15) is 0 Å². The van der Waals surface area contributed by atoms with Gasteiger partial charge < -0.3 is 9.88 Å². The summed E-state index contributed by atoms with van der Waals surface area (Å²) in [5, 5.41) is 5.59. The highest BCUT2D eigenvalue weighted by atomic mass is 15.0. The molecule has 5 heteroatoms. The van der Waals surface area contributed by atoms with Crippen LogP contribution in [0.25, 0.3) is 33.1 Å². The van der Waals surface area contributed by atoms with E-state index in [4.69, 9.17) is 0 Å². The van der Waals surface area contributed by atoms with Crippen LogP contribution < -0.4 is 5.32 Å². The summed E-state index contributed by atoms with van der Waals surface area (Å²) in [6.45, 7) is 40.8. The zero-order valence-corrected chi connectivity index (χ0v) is 55.3. The van der Waals surface area contributed by atoms with E-state index in [0.717, 1.165) is 73.7 Å². The average molecular weight is 1160 g/mol. The van der Waals surface area contributed by atoms with E-state index >= 15 is 0 Å². The fourth-order valence-electron chi connectivity index (χ4n) is 10.4. The molecule has 1 unspecified atom stereocenters. The molecule has 0 radical (unpaired) electrons. The van der Waals surface area contributed by atoms with Crippen molar-refractivity contribution in [2.75, 3.05) is 13.6 Å². The van der Waals surface area contributed by atoms with Crippen LogP contribution in [-0.4, -0.2) is 36.5 Å². The van der Waals surface area contributed by atoms with Gasteiger partial charge in [-0.3, -0.25) is 4.99 Å². The Morgan fingerprint density at radius 2 is 1.44 bits per heavy atom. The van der Waals surface area contributed by atoms with Crippen molar-refractivity contribution in [2.24, 2.45) is 20.9 Å². The molecule has 4 aliphatic rings. The smallest absolute Gasteiger partial charge is 0.140 e. The third-order valence-corrected chi connectivity index (χ3v) is 14.3. The number of nitrogens with one attached hydrogen (secondary N) is 1. The lowest BCUT2D eigenvalue weighted by molar-refractivity contribution is 0.960. The summed E-state index contributed by atoms with van der Waals surface area (Å²) in [7, 11) is 1.85. The minimum atomic E-state index is -0.0347. The molecule has 0 saturated carbocycles. The van der Waals surface area contributed by atoms with Crippen LogP contribution in [0, 0.1) is 5.92 Å². The summed E-state index contributed by atoms with van der Waals surface area (Å²) < 4.78 is 2.52. The number of amidine groups is 2. The zero-order valence-electron chi connectivity index (χ0n) is 55.3. The van der Waals surface area contributed by atoms with Gasteiger partial charge in [-0.25, -0.2) is 9.98 Å². The molecule has 4 aliphatic carbocycles. The van der Waals surface area contributed by atoms with Crippen molar-refractivity contribution < 1.29 is 0 Å². The number of para-hydroxylation sites is 1. The van der Waals surface area contributed by atoms with Crippen molar-refractivity contribution in [3.63, 3.8) is 0 Å². The van der Waals surface area contributed by atoms with Crippen LogP contribution in [0.2, 0.25) is 0 Å². The second-order valence-electron chi connectivity index (χ2n) is 19.6. The number of hydrogen-bond acceptors (Lipinski definition) is 2. The summed E-state index contributed by atoms with van der Waals surface area (Å²) in [6.07, 6.45) is 61.3. The molecular formula is C82H103N5. The number of rotatable bonds is 15. The SMILES string of the molecule is C=C/C(=C\C=C/C)CN=C(C)N=C(N=C)C(C=CC)/C=C\NC.C=C/C1=C(\C=C/C)C(=C)/C=C(/c2ccccc2Cc2ccc3c(c2)c2ccccc2n3C2=CCC=C(C3=CCC=CC=C3)CC2)C/C=C\CC2=C1C=CCC=C2.CC.CC.CC.CC. The fraction of sp³-hybridized carbons (Fsp3) is 0.280. The lowest BCUT2D eigenvalue weighted by Gasteiger charge is -2.16. The van der Waals surface area contributed by atoms with Gasteiger partial charge >= 0.3 is 0 Å². The molecule has 0 spiro atoms. The van der Waals surface area contributed by atoms with Crippen molar-refractivity contribution in [3.05, 3.63) is 300 Å². The number of hydrogen-bond donors (Lipinski definition) is 1. The molecule has 456 valence electrons. The Morgan fingerprint density at radius 1 is 0.701 bits per heavy atom. The van der Waals surface area contributed by atoms with E-state index in [1.54, 1.807) is 6.08 Å². The molecule has 4 aromatic rings. The van der Waals surface area contributed by atoms with Gasteiger partial charge in [0.2, 0.25) is 0 Å². The van der Waals surface area contributed by atoms with Crippen LogP contribution in [0.15, 0.2) is 298 Å². The van der Waals surface area contributed by atoms with E-state index in [2.05, 4.69) is 222 Å². The molecule has 0 aliphatic heterocycles. The highest BCUT2D eigenvalue weighted by Crippen LogP contribution is 2.38. The second-order valence-corrected chi connectivity index (χ2v) is 19.6. The third-order valence-electron chi connectivity index (χ3n) is 14.3. The van der Waals surface area contributed by atoms with E-state index in [-0.39, 0.29) is 5.92 Å². The second kappa shape index (κ2) is 42.2. The van der Waals surface area contributed by atoms with E-state index in [1.165, 1.54) is 72.1 Å². The quantitative estimate of drug-likeness (QED) is 0.0548. The molecule has 1 heterocycles. The lowest BCUT2D eigenvalue weighted by atomic mass is 9.88. The van der Waals surface area contributed by atoms with E-state index < -0.39 is 0 Å². The van der Waals surface area contributed by atoms with Crippen LogP contribution >= 0.6 is 0 Å². The lowest BCUT2D eigenvalue weighted by Crippen LogP contribution is -2.10. The minimum Gasteiger partial charge on any atom is -0.394 e. The highest BCUT2D eigenvalue weighted by molar-refractivity contribution is 6.10. The molecule has 1 N–H and O–H groups in total. The third kappa shape index (κ3) is 21.7. The molecule has 5 nitrogen and oxygen atoms in total. The van der Waals surface area contributed by atoms with Crippen molar-refractivity contribution >= 4 is 51.5 Å². The van der Waals surface area contributed by atoms with Gasteiger partial charge in [-0.05, 0) is 177 Å². The molecule has 0 saturated heterocycles. The Morgan fingerprint density at radius 3 is 2.16 bits per heavy atom. The Balaban J connectivity index is 0.000000539. The Labute approximate surface area is 527 Å². The first-order valence-corrected chi connectivity index (χ1v) is 31.9. The predicted molar refractivity (Wildman–Crippen MR) is 393 cm³/mol. The molecule has 0 fully saturated rings. The Hall–Kier alpha value is -8.67. The van der Waals surface area contributed by atoms with E-state index in [1.807, 2.05) is 132 Å². The van der Waals surface area contributed by atoms with Gasteiger partial charge in [-0.1, -0.05) is 269 Å². The first-order chi connectivity index (χ1) is 42.7. The maximum absolute atomic E-state index is 4.67. The van der Waals surface area contributed by atoms with Gasteiger partial charge in [-0.2, -0.15) is 0 Å². The number of benzene rings is 3. The molecular weight excluding hydrogens is 1050 g/mol. The Bertz CT molecular complexity index is 3500. The van der Waals surface area contributed by atoms with Crippen LogP contribution in [0.1, 0.15) is 145 Å². The molecule has 1 atom stereocenters.